The van der Waals surface area contributed by atoms with Gasteiger partial charge in [-0.1, -0.05) is 19.1 Å². The predicted octanol–water partition coefficient (Wildman–Crippen LogP) is 3.31. The van der Waals surface area contributed by atoms with E-state index in [9.17, 15) is 0 Å². The second-order valence-electron chi connectivity index (χ2n) is 4.80. The quantitative estimate of drug-likeness (QED) is 0.795. The molecule has 1 aromatic rings. The summed E-state index contributed by atoms with van der Waals surface area (Å²) in [6.45, 7) is 8.63. The van der Waals surface area contributed by atoms with Gasteiger partial charge in [0, 0.05) is 6.04 Å². The number of nitrogens with two attached hydrogens (primary N) is 1. The average Bonchev–Trinajstić information content (AvgIpc) is 2.15. The Bertz CT molecular complexity index is 302. The van der Waals surface area contributed by atoms with E-state index in [2.05, 4.69) is 38.7 Å². The van der Waals surface area contributed by atoms with Crippen LogP contribution in [-0.4, -0.2) is 8.32 Å². The molecule has 84 valence electrons. The lowest BCUT2D eigenvalue weighted by atomic mass is 10.1. The Kier molecular flexibility index (Phi) is 3.94. The molecule has 0 aromatic heterocycles. The summed E-state index contributed by atoms with van der Waals surface area (Å²) in [6, 6.07) is 8.30. The normalized spacial score (nSPS) is 13.7. The Hall–Kier alpha value is -0.803. The minimum absolute atomic E-state index is 0.144. The minimum Gasteiger partial charge on any atom is -0.544 e. The van der Waals surface area contributed by atoms with Crippen molar-refractivity contribution in [3.8, 4) is 5.75 Å². The fourth-order valence-electron chi connectivity index (χ4n) is 1.37. The summed E-state index contributed by atoms with van der Waals surface area (Å²) in [5, 5.41) is 0. The van der Waals surface area contributed by atoms with E-state index >= 15 is 0 Å². The first-order valence-electron chi connectivity index (χ1n) is 5.47. The Morgan fingerprint density at radius 2 is 1.73 bits per heavy atom. The van der Waals surface area contributed by atoms with Gasteiger partial charge in [0.05, 0.1) is 0 Å². The summed E-state index contributed by atoms with van der Waals surface area (Å²) in [5.74, 6) is 0.959. The molecule has 0 fully saturated rings. The van der Waals surface area contributed by atoms with E-state index in [1.165, 1.54) is 5.56 Å². The largest absolute Gasteiger partial charge is 0.544 e. The van der Waals surface area contributed by atoms with Gasteiger partial charge in [-0.25, -0.2) is 0 Å². The first-order chi connectivity index (χ1) is 6.92. The van der Waals surface area contributed by atoms with Gasteiger partial charge in [-0.3, -0.25) is 0 Å². The van der Waals surface area contributed by atoms with Gasteiger partial charge in [-0.05, 0) is 43.8 Å². The van der Waals surface area contributed by atoms with Crippen molar-refractivity contribution >= 4 is 8.32 Å². The van der Waals surface area contributed by atoms with E-state index in [0.717, 1.165) is 12.2 Å². The van der Waals surface area contributed by atoms with Gasteiger partial charge in [0.25, 0.3) is 0 Å². The van der Waals surface area contributed by atoms with Crippen molar-refractivity contribution < 1.29 is 4.43 Å². The lowest BCUT2D eigenvalue weighted by molar-refractivity contribution is 0.556. The highest BCUT2D eigenvalue weighted by molar-refractivity contribution is 6.70. The first-order valence-corrected chi connectivity index (χ1v) is 8.88. The van der Waals surface area contributed by atoms with Crippen LogP contribution in [0.3, 0.4) is 0 Å². The number of hydrogen-bond donors (Lipinski definition) is 1. The molecule has 2 N–H and O–H groups in total. The zero-order valence-corrected chi connectivity index (χ0v) is 11.1. The van der Waals surface area contributed by atoms with Crippen LogP contribution in [0.1, 0.15) is 24.9 Å². The number of hydrogen-bond acceptors (Lipinski definition) is 2. The molecular formula is C12H21NOSi. The predicted molar refractivity (Wildman–Crippen MR) is 67.6 cm³/mol. The molecule has 0 aliphatic rings. The van der Waals surface area contributed by atoms with Crippen LogP contribution in [0.15, 0.2) is 24.3 Å². The van der Waals surface area contributed by atoms with Crippen LogP contribution in [0.2, 0.25) is 19.6 Å². The van der Waals surface area contributed by atoms with Crippen molar-refractivity contribution in [3.05, 3.63) is 29.8 Å². The Morgan fingerprint density at radius 1 is 1.20 bits per heavy atom. The highest BCUT2D eigenvalue weighted by Crippen LogP contribution is 2.20. The van der Waals surface area contributed by atoms with E-state index in [1.807, 2.05) is 12.1 Å². The molecule has 0 aliphatic heterocycles. The second kappa shape index (κ2) is 4.81. The second-order valence-corrected chi connectivity index (χ2v) is 9.23. The van der Waals surface area contributed by atoms with Gasteiger partial charge in [-0.2, -0.15) is 0 Å². The van der Waals surface area contributed by atoms with Crippen molar-refractivity contribution in [1.82, 2.24) is 0 Å². The van der Waals surface area contributed by atoms with Crippen LogP contribution in [0, 0.1) is 0 Å². The molecule has 1 aromatic carbocycles. The van der Waals surface area contributed by atoms with E-state index in [1.54, 1.807) is 0 Å². The topological polar surface area (TPSA) is 35.2 Å². The van der Waals surface area contributed by atoms with Crippen molar-refractivity contribution in [2.75, 3.05) is 0 Å². The highest BCUT2D eigenvalue weighted by Gasteiger charge is 2.16. The molecule has 0 unspecified atom stereocenters. The number of benzene rings is 1. The van der Waals surface area contributed by atoms with E-state index < -0.39 is 8.32 Å². The summed E-state index contributed by atoms with van der Waals surface area (Å²) in [7, 11) is -1.48. The highest BCUT2D eigenvalue weighted by atomic mass is 28.4. The first kappa shape index (κ1) is 12.3. The maximum absolute atomic E-state index is 5.94. The molecule has 15 heavy (non-hydrogen) atoms. The van der Waals surface area contributed by atoms with Crippen LogP contribution < -0.4 is 10.2 Å². The van der Waals surface area contributed by atoms with Crippen LogP contribution >= 0.6 is 0 Å². The molecule has 1 rings (SSSR count). The molecule has 3 heteroatoms. The smallest absolute Gasteiger partial charge is 0.242 e. The standard InChI is InChI=1S/C12H21NOSi/c1-5-12(13)10-6-8-11(9-7-10)14-15(2,3)4/h6-9,12H,5,13H2,1-4H3/t12-/m1/s1. The fraction of sp³-hybridized carbons (Fsp3) is 0.500. The Balaban J connectivity index is 2.72. The van der Waals surface area contributed by atoms with Crippen LogP contribution in [0.4, 0.5) is 0 Å². The van der Waals surface area contributed by atoms with Gasteiger partial charge >= 0.3 is 0 Å². The van der Waals surface area contributed by atoms with Crippen molar-refractivity contribution in [2.24, 2.45) is 5.73 Å². The Morgan fingerprint density at radius 3 is 2.13 bits per heavy atom. The summed E-state index contributed by atoms with van der Waals surface area (Å²) in [5.41, 5.74) is 7.12. The van der Waals surface area contributed by atoms with Crippen molar-refractivity contribution in [1.29, 1.82) is 0 Å². The molecule has 0 radical (unpaired) electrons. The molecule has 0 saturated carbocycles. The van der Waals surface area contributed by atoms with Crippen LogP contribution in [0.25, 0.3) is 0 Å². The van der Waals surface area contributed by atoms with Gasteiger partial charge < -0.3 is 10.2 Å². The lowest BCUT2D eigenvalue weighted by Crippen LogP contribution is -2.29. The molecular weight excluding hydrogens is 202 g/mol. The van der Waals surface area contributed by atoms with Crippen molar-refractivity contribution in [2.45, 2.75) is 39.0 Å². The van der Waals surface area contributed by atoms with Gasteiger partial charge in [0.15, 0.2) is 0 Å². The van der Waals surface area contributed by atoms with Crippen LogP contribution in [-0.2, 0) is 0 Å². The van der Waals surface area contributed by atoms with Gasteiger partial charge in [0.2, 0.25) is 8.32 Å². The van der Waals surface area contributed by atoms with E-state index in [0.29, 0.717) is 0 Å². The third-order valence-corrected chi connectivity index (χ3v) is 3.02. The molecule has 0 spiro atoms. The zero-order chi connectivity index (χ0) is 11.5. The molecule has 2 nitrogen and oxygen atoms in total. The third kappa shape index (κ3) is 4.06. The van der Waals surface area contributed by atoms with Gasteiger partial charge in [-0.15, -0.1) is 0 Å². The summed E-state index contributed by atoms with van der Waals surface area (Å²) in [4.78, 5) is 0. The fourth-order valence-corrected chi connectivity index (χ4v) is 2.22. The van der Waals surface area contributed by atoms with Crippen LogP contribution in [0.5, 0.6) is 5.75 Å². The molecule has 0 amide bonds. The number of rotatable bonds is 4. The monoisotopic (exact) mass is 223 g/mol. The molecule has 0 saturated heterocycles. The third-order valence-electron chi connectivity index (χ3n) is 2.17. The molecule has 1 atom stereocenters. The maximum atomic E-state index is 5.94. The summed E-state index contributed by atoms with van der Waals surface area (Å²) < 4.78 is 5.87. The molecule has 0 bridgehead atoms. The maximum Gasteiger partial charge on any atom is 0.242 e. The Labute approximate surface area is 93.6 Å². The van der Waals surface area contributed by atoms with Crippen molar-refractivity contribution in [3.63, 3.8) is 0 Å². The average molecular weight is 223 g/mol. The molecule has 0 aliphatic carbocycles. The summed E-state index contributed by atoms with van der Waals surface area (Å²) >= 11 is 0. The zero-order valence-electron chi connectivity index (χ0n) is 10.1. The van der Waals surface area contributed by atoms with E-state index in [-0.39, 0.29) is 6.04 Å². The molecule has 0 heterocycles. The van der Waals surface area contributed by atoms with E-state index in [4.69, 9.17) is 10.2 Å². The lowest BCUT2D eigenvalue weighted by Gasteiger charge is -2.19. The SMILES string of the molecule is CC[C@@H](N)c1ccc(O[Si](C)(C)C)cc1. The summed E-state index contributed by atoms with van der Waals surface area (Å²) in [6.07, 6.45) is 0.966. The van der Waals surface area contributed by atoms with Gasteiger partial charge in [0.1, 0.15) is 5.75 Å². The minimum atomic E-state index is -1.48.